The SMILES string of the molecule is CCCN(C(=O)OC(C)(C)C)[C@@H](C)c1ccc(C)c(NCc2ccccc2)c1. The molecule has 0 spiro atoms. The molecular weight excluding hydrogens is 348 g/mol. The maximum atomic E-state index is 12.7. The molecule has 0 radical (unpaired) electrons. The van der Waals surface area contributed by atoms with Gasteiger partial charge in [-0.2, -0.15) is 0 Å². The van der Waals surface area contributed by atoms with Gasteiger partial charge in [0.25, 0.3) is 0 Å². The molecule has 0 aliphatic heterocycles. The van der Waals surface area contributed by atoms with Gasteiger partial charge in [-0.25, -0.2) is 4.79 Å². The summed E-state index contributed by atoms with van der Waals surface area (Å²) < 4.78 is 5.63. The van der Waals surface area contributed by atoms with E-state index in [1.807, 2.05) is 43.9 Å². The van der Waals surface area contributed by atoms with Gasteiger partial charge in [-0.1, -0.05) is 49.4 Å². The molecule has 2 aromatic rings. The number of amides is 1. The normalized spacial score (nSPS) is 12.4. The van der Waals surface area contributed by atoms with Crippen molar-refractivity contribution in [3.8, 4) is 0 Å². The Balaban J connectivity index is 2.18. The highest BCUT2D eigenvalue weighted by Crippen LogP contribution is 2.27. The molecular formula is C24H34N2O2. The number of anilines is 1. The zero-order valence-electron chi connectivity index (χ0n) is 18.1. The van der Waals surface area contributed by atoms with E-state index in [0.717, 1.165) is 24.2 Å². The van der Waals surface area contributed by atoms with E-state index in [4.69, 9.17) is 4.74 Å². The first-order valence-corrected chi connectivity index (χ1v) is 10.1. The molecule has 0 fully saturated rings. The monoisotopic (exact) mass is 382 g/mol. The molecule has 4 heteroatoms. The minimum Gasteiger partial charge on any atom is -0.444 e. The third kappa shape index (κ3) is 6.29. The topological polar surface area (TPSA) is 41.6 Å². The minimum atomic E-state index is -0.502. The Labute approximate surface area is 169 Å². The standard InChI is InChI=1S/C24H34N2O2/c1-7-15-26(23(27)28-24(4,5)6)19(3)21-14-13-18(2)22(16-21)25-17-20-11-9-8-10-12-20/h8-14,16,19,25H,7,15,17H2,1-6H3/t19-/m0/s1. The zero-order chi connectivity index (χ0) is 20.7. The lowest BCUT2D eigenvalue weighted by molar-refractivity contribution is 0.0173. The molecule has 0 aliphatic carbocycles. The summed E-state index contributed by atoms with van der Waals surface area (Å²) in [6.45, 7) is 13.4. The summed E-state index contributed by atoms with van der Waals surface area (Å²) in [4.78, 5) is 14.5. The van der Waals surface area contributed by atoms with Crippen molar-refractivity contribution in [1.29, 1.82) is 0 Å². The van der Waals surface area contributed by atoms with Gasteiger partial charge in [-0.15, -0.1) is 0 Å². The highest BCUT2D eigenvalue weighted by atomic mass is 16.6. The van der Waals surface area contributed by atoms with Crippen molar-refractivity contribution in [3.05, 3.63) is 65.2 Å². The third-order valence-corrected chi connectivity index (χ3v) is 4.63. The van der Waals surface area contributed by atoms with E-state index in [-0.39, 0.29) is 12.1 Å². The fourth-order valence-electron chi connectivity index (χ4n) is 3.07. The molecule has 4 nitrogen and oxygen atoms in total. The van der Waals surface area contributed by atoms with Crippen molar-refractivity contribution in [2.75, 3.05) is 11.9 Å². The van der Waals surface area contributed by atoms with Gasteiger partial charge in [0.2, 0.25) is 0 Å². The van der Waals surface area contributed by atoms with Crippen molar-refractivity contribution in [2.45, 2.75) is 66.2 Å². The van der Waals surface area contributed by atoms with Gasteiger partial charge in [0.05, 0.1) is 6.04 Å². The number of hydrogen-bond acceptors (Lipinski definition) is 3. The molecule has 1 N–H and O–H groups in total. The highest BCUT2D eigenvalue weighted by Gasteiger charge is 2.26. The molecule has 0 heterocycles. The molecule has 0 saturated heterocycles. The largest absolute Gasteiger partial charge is 0.444 e. The molecule has 28 heavy (non-hydrogen) atoms. The average molecular weight is 383 g/mol. The van der Waals surface area contributed by atoms with E-state index in [1.54, 1.807) is 0 Å². The first-order valence-electron chi connectivity index (χ1n) is 10.1. The summed E-state index contributed by atoms with van der Waals surface area (Å²) in [5, 5.41) is 3.53. The summed E-state index contributed by atoms with van der Waals surface area (Å²) in [7, 11) is 0. The lowest BCUT2D eigenvalue weighted by Crippen LogP contribution is -2.38. The molecule has 0 unspecified atom stereocenters. The maximum absolute atomic E-state index is 12.7. The van der Waals surface area contributed by atoms with E-state index >= 15 is 0 Å². The van der Waals surface area contributed by atoms with Crippen LogP contribution >= 0.6 is 0 Å². The van der Waals surface area contributed by atoms with E-state index in [1.165, 1.54) is 11.1 Å². The average Bonchev–Trinajstić information content (AvgIpc) is 2.64. The van der Waals surface area contributed by atoms with Crippen LogP contribution in [0, 0.1) is 6.92 Å². The van der Waals surface area contributed by atoms with Crippen LogP contribution in [0.5, 0.6) is 0 Å². The van der Waals surface area contributed by atoms with Crippen LogP contribution in [0.3, 0.4) is 0 Å². The molecule has 0 aliphatic rings. The molecule has 152 valence electrons. The van der Waals surface area contributed by atoms with Crippen molar-refractivity contribution < 1.29 is 9.53 Å². The first-order chi connectivity index (χ1) is 13.2. The Morgan fingerprint density at radius 3 is 2.43 bits per heavy atom. The lowest BCUT2D eigenvalue weighted by Gasteiger charge is -2.32. The van der Waals surface area contributed by atoms with Crippen LogP contribution in [0.15, 0.2) is 48.5 Å². The van der Waals surface area contributed by atoms with Gasteiger partial charge in [-0.05, 0) is 63.8 Å². The summed E-state index contributed by atoms with van der Waals surface area (Å²) in [5.41, 5.74) is 4.11. The van der Waals surface area contributed by atoms with E-state index < -0.39 is 5.60 Å². The molecule has 1 atom stereocenters. The number of rotatable bonds is 7. The van der Waals surface area contributed by atoms with Crippen LogP contribution in [0.25, 0.3) is 0 Å². The molecule has 2 rings (SSSR count). The molecule has 0 bridgehead atoms. The Bertz CT molecular complexity index is 766. The van der Waals surface area contributed by atoms with E-state index in [9.17, 15) is 4.79 Å². The number of nitrogens with one attached hydrogen (secondary N) is 1. The predicted octanol–water partition coefficient (Wildman–Crippen LogP) is 6.32. The zero-order valence-corrected chi connectivity index (χ0v) is 18.1. The van der Waals surface area contributed by atoms with Crippen molar-refractivity contribution in [1.82, 2.24) is 4.90 Å². The smallest absolute Gasteiger partial charge is 0.410 e. The number of carbonyl (C=O) groups is 1. The van der Waals surface area contributed by atoms with Crippen LogP contribution in [-0.2, 0) is 11.3 Å². The van der Waals surface area contributed by atoms with Crippen LogP contribution in [-0.4, -0.2) is 23.1 Å². The summed E-state index contributed by atoms with van der Waals surface area (Å²) >= 11 is 0. The summed E-state index contributed by atoms with van der Waals surface area (Å²) in [6, 6.07) is 16.6. The van der Waals surface area contributed by atoms with Crippen LogP contribution in [0.2, 0.25) is 0 Å². The molecule has 2 aromatic carbocycles. The number of benzene rings is 2. The number of hydrogen-bond donors (Lipinski definition) is 1. The molecule has 1 amide bonds. The molecule has 0 saturated carbocycles. The van der Waals surface area contributed by atoms with E-state index in [2.05, 4.69) is 56.4 Å². The van der Waals surface area contributed by atoms with Crippen molar-refractivity contribution >= 4 is 11.8 Å². The van der Waals surface area contributed by atoms with Crippen LogP contribution < -0.4 is 5.32 Å². The van der Waals surface area contributed by atoms with Gasteiger partial charge in [0.15, 0.2) is 0 Å². The van der Waals surface area contributed by atoms with Gasteiger partial charge < -0.3 is 15.0 Å². The van der Waals surface area contributed by atoms with Gasteiger partial charge >= 0.3 is 6.09 Å². The van der Waals surface area contributed by atoms with Crippen molar-refractivity contribution in [3.63, 3.8) is 0 Å². The summed E-state index contributed by atoms with van der Waals surface area (Å²) in [6.07, 6.45) is 0.621. The highest BCUT2D eigenvalue weighted by molar-refractivity contribution is 5.69. The Morgan fingerprint density at radius 2 is 1.82 bits per heavy atom. The van der Waals surface area contributed by atoms with Gasteiger partial charge in [0.1, 0.15) is 5.60 Å². The lowest BCUT2D eigenvalue weighted by atomic mass is 10.0. The van der Waals surface area contributed by atoms with Gasteiger partial charge in [0, 0.05) is 18.8 Å². The minimum absolute atomic E-state index is 0.0623. The fourth-order valence-corrected chi connectivity index (χ4v) is 3.07. The number of ether oxygens (including phenoxy) is 1. The van der Waals surface area contributed by atoms with E-state index in [0.29, 0.717) is 6.54 Å². The summed E-state index contributed by atoms with van der Waals surface area (Å²) in [5.74, 6) is 0. The second kappa shape index (κ2) is 9.63. The number of carbonyl (C=O) groups excluding carboxylic acids is 1. The Morgan fingerprint density at radius 1 is 1.14 bits per heavy atom. The fraction of sp³-hybridized carbons (Fsp3) is 0.458. The predicted molar refractivity (Wildman–Crippen MR) is 117 cm³/mol. The van der Waals surface area contributed by atoms with Gasteiger partial charge in [-0.3, -0.25) is 0 Å². The number of nitrogens with zero attached hydrogens (tertiary/aromatic N) is 1. The Kier molecular flexibility index (Phi) is 7.50. The van der Waals surface area contributed by atoms with Crippen LogP contribution in [0.4, 0.5) is 10.5 Å². The number of aryl methyl sites for hydroxylation is 1. The van der Waals surface area contributed by atoms with Crippen LogP contribution in [0.1, 0.15) is 63.8 Å². The Hall–Kier alpha value is -2.49. The molecule has 0 aromatic heterocycles. The first kappa shape index (κ1) is 21.8. The second-order valence-electron chi connectivity index (χ2n) is 8.26. The second-order valence-corrected chi connectivity index (χ2v) is 8.26. The maximum Gasteiger partial charge on any atom is 0.410 e. The van der Waals surface area contributed by atoms with Crippen molar-refractivity contribution in [2.24, 2.45) is 0 Å². The quantitative estimate of drug-likeness (QED) is 0.609. The third-order valence-electron chi connectivity index (χ3n) is 4.63.